The second-order valence-electron chi connectivity index (χ2n) is 6.95. The number of carbonyl (C=O) groups is 1. The van der Waals surface area contributed by atoms with Gasteiger partial charge in [0.05, 0.1) is 38.1 Å². The summed E-state index contributed by atoms with van der Waals surface area (Å²) in [6.07, 6.45) is 1.35. The molecule has 3 heterocycles. The van der Waals surface area contributed by atoms with Gasteiger partial charge in [0, 0.05) is 18.3 Å². The van der Waals surface area contributed by atoms with Crippen LogP contribution in [0.15, 0.2) is 36.5 Å². The number of nitrogens with zero attached hydrogens (tertiary/aromatic N) is 2. The first-order chi connectivity index (χ1) is 14.2. The molecule has 1 aromatic heterocycles. The minimum atomic E-state index is -0.211. The molecule has 4 rings (SSSR count). The van der Waals surface area contributed by atoms with E-state index >= 15 is 0 Å². The van der Waals surface area contributed by atoms with Crippen LogP contribution in [-0.2, 0) is 9.47 Å². The van der Waals surface area contributed by atoms with Crippen LogP contribution in [0.2, 0.25) is 0 Å². The maximum absolute atomic E-state index is 11.8. The van der Waals surface area contributed by atoms with Crippen molar-refractivity contribution in [3.05, 3.63) is 36.5 Å². The monoisotopic (exact) mass is 399 g/mol. The number of fused-ring (bicyclic) bond motifs is 1. The Kier molecular flexibility index (Phi) is 5.77. The van der Waals surface area contributed by atoms with Gasteiger partial charge in [-0.1, -0.05) is 0 Å². The molecule has 2 fully saturated rings. The highest BCUT2D eigenvalue weighted by Crippen LogP contribution is 2.29. The molecule has 2 aliphatic rings. The van der Waals surface area contributed by atoms with E-state index in [1.165, 1.54) is 0 Å². The lowest BCUT2D eigenvalue weighted by atomic mass is 10.1. The predicted molar refractivity (Wildman–Crippen MR) is 107 cm³/mol. The molecule has 9 nitrogen and oxygen atoms in total. The standard InChI is InChI=1S/C20H25N5O4/c1-3-21-20(26)25-16-11-29-17-15(10-28-18(16)17)24-19-22-9-8-14(23-19)12-4-6-13(27-2)7-5-12/h4-9,15-18H,3,10-11H2,1-2H3,(H2,21,25,26)(H,22,23,24). The molecule has 9 heteroatoms. The van der Waals surface area contributed by atoms with Gasteiger partial charge in [-0.15, -0.1) is 0 Å². The SMILES string of the molecule is CCNC(=O)NC1COC2C(Nc3nccc(-c4ccc(OC)cc4)n3)COC12. The molecular weight excluding hydrogens is 374 g/mol. The molecule has 2 aromatic rings. The van der Waals surface area contributed by atoms with Gasteiger partial charge in [0.15, 0.2) is 0 Å². The summed E-state index contributed by atoms with van der Waals surface area (Å²) in [4.78, 5) is 20.7. The van der Waals surface area contributed by atoms with E-state index in [-0.39, 0.29) is 30.3 Å². The third-order valence-electron chi connectivity index (χ3n) is 5.06. The van der Waals surface area contributed by atoms with Gasteiger partial charge < -0.3 is 30.2 Å². The number of methoxy groups -OCH3 is 1. The Balaban J connectivity index is 1.41. The van der Waals surface area contributed by atoms with E-state index in [2.05, 4.69) is 25.9 Å². The van der Waals surface area contributed by atoms with Crippen molar-refractivity contribution in [3.63, 3.8) is 0 Å². The predicted octanol–water partition coefficient (Wildman–Crippen LogP) is 1.42. The summed E-state index contributed by atoms with van der Waals surface area (Å²) in [5, 5.41) is 8.95. The highest BCUT2D eigenvalue weighted by Gasteiger charge is 2.48. The summed E-state index contributed by atoms with van der Waals surface area (Å²) in [5.41, 5.74) is 1.78. The maximum Gasteiger partial charge on any atom is 0.315 e. The zero-order valence-corrected chi connectivity index (χ0v) is 16.4. The van der Waals surface area contributed by atoms with E-state index in [0.29, 0.717) is 25.7 Å². The van der Waals surface area contributed by atoms with E-state index < -0.39 is 0 Å². The first-order valence-electron chi connectivity index (χ1n) is 9.69. The van der Waals surface area contributed by atoms with Crippen molar-refractivity contribution >= 4 is 12.0 Å². The van der Waals surface area contributed by atoms with Crippen LogP contribution in [0.5, 0.6) is 5.75 Å². The van der Waals surface area contributed by atoms with Crippen LogP contribution in [0.25, 0.3) is 11.3 Å². The second-order valence-corrected chi connectivity index (χ2v) is 6.95. The van der Waals surface area contributed by atoms with Crippen molar-refractivity contribution in [2.24, 2.45) is 0 Å². The molecule has 2 aliphatic heterocycles. The molecule has 4 atom stereocenters. The van der Waals surface area contributed by atoms with Crippen LogP contribution in [-0.4, -0.2) is 67.2 Å². The summed E-state index contributed by atoms with van der Waals surface area (Å²) in [7, 11) is 1.64. The number of amides is 2. The number of benzene rings is 1. The minimum absolute atomic E-state index is 0.0906. The smallest absolute Gasteiger partial charge is 0.315 e. The molecule has 0 spiro atoms. The van der Waals surface area contributed by atoms with Crippen LogP contribution in [0.3, 0.4) is 0 Å². The van der Waals surface area contributed by atoms with Crippen molar-refractivity contribution in [2.75, 3.05) is 32.2 Å². The van der Waals surface area contributed by atoms with Crippen LogP contribution >= 0.6 is 0 Å². The molecule has 4 unspecified atom stereocenters. The van der Waals surface area contributed by atoms with Gasteiger partial charge in [0.1, 0.15) is 18.0 Å². The van der Waals surface area contributed by atoms with Crippen molar-refractivity contribution in [1.29, 1.82) is 0 Å². The quantitative estimate of drug-likeness (QED) is 0.674. The number of rotatable bonds is 6. The first-order valence-corrected chi connectivity index (χ1v) is 9.69. The van der Waals surface area contributed by atoms with Crippen molar-refractivity contribution in [3.8, 4) is 17.0 Å². The molecule has 1 aromatic carbocycles. The Morgan fingerprint density at radius 3 is 2.59 bits per heavy atom. The zero-order chi connectivity index (χ0) is 20.2. The highest BCUT2D eigenvalue weighted by molar-refractivity contribution is 5.74. The third-order valence-corrected chi connectivity index (χ3v) is 5.06. The topological polar surface area (TPSA) is 107 Å². The number of aromatic nitrogens is 2. The largest absolute Gasteiger partial charge is 0.497 e. The normalized spacial score (nSPS) is 25.3. The fourth-order valence-corrected chi connectivity index (χ4v) is 3.64. The summed E-state index contributed by atoms with van der Waals surface area (Å²) >= 11 is 0. The van der Waals surface area contributed by atoms with E-state index in [4.69, 9.17) is 14.2 Å². The molecule has 0 bridgehead atoms. The Bertz CT molecular complexity index is 847. The molecule has 0 saturated carbocycles. The third kappa shape index (κ3) is 4.25. The molecule has 2 amide bonds. The molecule has 0 radical (unpaired) electrons. The maximum atomic E-state index is 11.8. The first kappa shape index (κ1) is 19.4. The van der Waals surface area contributed by atoms with Crippen LogP contribution in [0.4, 0.5) is 10.7 Å². The van der Waals surface area contributed by atoms with Crippen molar-refractivity contribution < 1.29 is 19.0 Å². The summed E-state index contributed by atoms with van der Waals surface area (Å²) in [5.74, 6) is 1.31. The van der Waals surface area contributed by atoms with Gasteiger partial charge in [0.25, 0.3) is 0 Å². The number of carbonyl (C=O) groups excluding carboxylic acids is 1. The van der Waals surface area contributed by atoms with Gasteiger partial charge in [-0.05, 0) is 37.3 Å². The van der Waals surface area contributed by atoms with Gasteiger partial charge in [0.2, 0.25) is 5.95 Å². The lowest BCUT2D eigenvalue weighted by Crippen LogP contribution is -2.48. The second kappa shape index (κ2) is 8.62. The fourth-order valence-electron chi connectivity index (χ4n) is 3.64. The molecule has 3 N–H and O–H groups in total. The van der Waals surface area contributed by atoms with Crippen LogP contribution in [0, 0.1) is 0 Å². The van der Waals surface area contributed by atoms with Crippen LogP contribution < -0.4 is 20.7 Å². The summed E-state index contributed by atoms with van der Waals surface area (Å²) in [6, 6.07) is 9.09. The van der Waals surface area contributed by atoms with Gasteiger partial charge >= 0.3 is 6.03 Å². The molecule has 0 aliphatic carbocycles. The number of hydrogen-bond acceptors (Lipinski definition) is 7. The summed E-state index contributed by atoms with van der Waals surface area (Å²) in [6.45, 7) is 3.32. The van der Waals surface area contributed by atoms with E-state index in [0.717, 1.165) is 17.0 Å². The zero-order valence-electron chi connectivity index (χ0n) is 16.4. The number of anilines is 1. The van der Waals surface area contributed by atoms with Gasteiger partial charge in [-0.2, -0.15) is 0 Å². The van der Waals surface area contributed by atoms with Crippen molar-refractivity contribution in [1.82, 2.24) is 20.6 Å². The molecule has 154 valence electrons. The average molecular weight is 399 g/mol. The Labute approximate surface area is 169 Å². The molecule has 29 heavy (non-hydrogen) atoms. The molecule has 2 saturated heterocycles. The Hall–Kier alpha value is -2.91. The average Bonchev–Trinajstić information content (AvgIpc) is 3.32. The van der Waals surface area contributed by atoms with Crippen molar-refractivity contribution in [2.45, 2.75) is 31.2 Å². The van der Waals surface area contributed by atoms with E-state index in [1.807, 2.05) is 37.3 Å². The van der Waals surface area contributed by atoms with Gasteiger partial charge in [-0.25, -0.2) is 14.8 Å². The van der Waals surface area contributed by atoms with E-state index in [9.17, 15) is 4.79 Å². The van der Waals surface area contributed by atoms with Crippen LogP contribution in [0.1, 0.15) is 6.92 Å². The number of ether oxygens (including phenoxy) is 3. The number of nitrogens with one attached hydrogen (secondary N) is 3. The minimum Gasteiger partial charge on any atom is -0.497 e. The highest BCUT2D eigenvalue weighted by atomic mass is 16.6. The summed E-state index contributed by atoms with van der Waals surface area (Å²) < 4.78 is 17.0. The lowest BCUT2D eigenvalue weighted by molar-refractivity contribution is 0.0682. The fraction of sp³-hybridized carbons (Fsp3) is 0.450. The van der Waals surface area contributed by atoms with Gasteiger partial charge in [-0.3, -0.25) is 0 Å². The lowest BCUT2D eigenvalue weighted by Gasteiger charge is -2.18. The Morgan fingerprint density at radius 1 is 1.14 bits per heavy atom. The van der Waals surface area contributed by atoms with E-state index in [1.54, 1.807) is 13.3 Å². The molecular formula is C20H25N5O4. The Morgan fingerprint density at radius 2 is 1.86 bits per heavy atom. The number of hydrogen-bond donors (Lipinski definition) is 3. The number of urea groups is 1.